The van der Waals surface area contributed by atoms with Gasteiger partial charge < -0.3 is 10.1 Å². The third-order valence-corrected chi connectivity index (χ3v) is 5.99. The van der Waals surface area contributed by atoms with Crippen LogP contribution in [0.25, 0.3) is 11.1 Å². The standard InChI is InChI=1S/C18H18ClNO5S2/c1-3-9-27(23,24)11-15(21)20-17-16(18(22)25-4-2)14(10-26-17)12-5-7-13(19)8-6-12/h3,5-8,10H,1,4,9,11H2,2H3,(H,20,21). The Bertz CT molecular complexity index is 949. The first-order chi connectivity index (χ1) is 12.8. The molecule has 2 rings (SSSR count). The lowest BCUT2D eigenvalue weighted by atomic mass is 10.0. The molecule has 0 aliphatic heterocycles. The van der Waals surface area contributed by atoms with E-state index in [9.17, 15) is 18.0 Å². The molecule has 27 heavy (non-hydrogen) atoms. The topological polar surface area (TPSA) is 89.5 Å². The Balaban J connectivity index is 2.36. The van der Waals surface area contributed by atoms with Crippen molar-refractivity contribution in [2.75, 3.05) is 23.4 Å². The third-order valence-electron chi connectivity index (χ3n) is 3.40. The minimum Gasteiger partial charge on any atom is -0.462 e. The third kappa shape index (κ3) is 5.66. The molecule has 1 amide bonds. The van der Waals surface area contributed by atoms with Gasteiger partial charge in [-0.2, -0.15) is 0 Å². The van der Waals surface area contributed by atoms with Crippen LogP contribution in [0.5, 0.6) is 0 Å². The number of carbonyl (C=O) groups excluding carboxylic acids is 2. The second kappa shape index (κ2) is 9.16. The quantitative estimate of drug-likeness (QED) is 0.511. The van der Waals surface area contributed by atoms with E-state index in [-0.39, 0.29) is 22.9 Å². The first-order valence-corrected chi connectivity index (χ1v) is 11.0. The average molecular weight is 428 g/mol. The van der Waals surface area contributed by atoms with Crippen LogP contribution in [0.1, 0.15) is 17.3 Å². The summed E-state index contributed by atoms with van der Waals surface area (Å²) in [4.78, 5) is 24.6. The maximum absolute atomic E-state index is 12.4. The molecule has 0 aliphatic rings. The number of hydrogen-bond acceptors (Lipinski definition) is 6. The van der Waals surface area contributed by atoms with Gasteiger partial charge in [0.25, 0.3) is 0 Å². The van der Waals surface area contributed by atoms with E-state index in [4.69, 9.17) is 16.3 Å². The van der Waals surface area contributed by atoms with Gasteiger partial charge in [0, 0.05) is 16.0 Å². The van der Waals surface area contributed by atoms with Crippen LogP contribution in [0.15, 0.2) is 42.3 Å². The van der Waals surface area contributed by atoms with Crippen LogP contribution in [0.3, 0.4) is 0 Å². The van der Waals surface area contributed by atoms with Crippen molar-refractivity contribution < 1.29 is 22.7 Å². The molecule has 0 aliphatic carbocycles. The molecule has 6 nitrogen and oxygen atoms in total. The fourth-order valence-corrected chi connectivity index (χ4v) is 4.35. The molecule has 144 valence electrons. The fourth-order valence-electron chi connectivity index (χ4n) is 2.30. The first kappa shape index (κ1) is 21.1. The molecule has 0 radical (unpaired) electrons. The first-order valence-electron chi connectivity index (χ1n) is 7.93. The predicted octanol–water partition coefficient (Wildman–Crippen LogP) is 3.78. The zero-order chi connectivity index (χ0) is 20.0. The van der Waals surface area contributed by atoms with Crippen molar-refractivity contribution in [1.29, 1.82) is 0 Å². The Hall–Kier alpha value is -2.16. The molecule has 1 N–H and O–H groups in total. The highest BCUT2D eigenvalue weighted by Gasteiger charge is 2.24. The minimum atomic E-state index is -3.60. The van der Waals surface area contributed by atoms with Crippen molar-refractivity contribution in [1.82, 2.24) is 0 Å². The number of anilines is 1. The van der Waals surface area contributed by atoms with Gasteiger partial charge in [0.15, 0.2) is 9.84 Å². The summed E-state index contributed by atoms with van der Waals surface area (Å²) in [7, 11) is -3.60. The summed E-state index contributed by atoms with van der Waals surface area (Å²) in [5.41, 5.74) is 1.47. The summed E-state index contributed by atoms with van der Waals surface area (Å²) >= 11 is 7.02. The zero-order valence-electron chi connectivity index (χ0n) is 14.5. The number of carbonyl (C=O) groups is 2. The molecule has 0 saturated heterocycles. The molecule has 0 atom stereocenters. The number of nitrogens with one attached hydrogen (secondary N) is 1. The number of amides is 1. The lowest BCUT2D eigenvalue weighted by Crippen LogP contribution is -2.24. The molecule has 0 unspecified atom stereocenters. The van der Waals surface area contributed by atoms with Gasteiger partial charge in [-0.15, -0.1) is 17.9 Å². The molecule has 0 fully saturated rings. The van der Waals surface area contributed by atoms with Crippen LogP contribution in [0.2, 0.25) is 5.02 Å². The van der Waals surface area contributed by atoms with Crippen LogP contribution in [-0.2, 0) is 19.4 Å². The summed E-state index contributed by atoms with van der Waals surface area (Å²) in [5.74, 6) is -2.33. The molecular weight excluding hydrogens is 410 g/mol. The van der Waals surface area contributed by atoms with Crippen molar-refractivity contribution in [2.45, 2.75) is 6.92 Å². The molecule has 0 saturated carbocycles. The average Bonchev–Trinajstić information content (AvgIpc) is 2.98. The van der Waals surface area contributed by atoms with Crippen LogP contribution in [-0.4, -0.2) is 38.4 Å². The monoisotopic (exact) mass is 427 g/mol. The lowest BCUT2D eigenvalue weighted by molar-refractivity contribution is -0.113. The Morgan fingerprint density at radius 2 is 1.96 bits per heavy atom. The van der Waals surface area contributed by atoms with E-state index in [0.29, 0.717) is 10.6 Å². The normalized spacial score (nSPS) is 11.0. The highest BCUT2D eigenvalue weighted by atomic mass is 35.5. The number of sulfone groups is 1. The van der Waals surface area contributed by atoms with Gasteiger partial charge in [0.1, 0.15) is 16.3 Å². The Morgan fingerprint density at radius 1 is 1.30 bits per heavy atom. The largest absolute Gasteiger partial charge is 0.462 e. The number of halogens is 1. The van der Waals surface area contributed by atoms with Crippen molar-refractivity contribution in [3.63, 3.8) is 0 Å². The summed E-state index contributed by atoms with van der Waals surface area (Å²) < 4.78 is 28.6. The summed E-state index contributed by atoms with van der Waals surface area (Å²) in [6, 6.07) is 6.85. The number of esters is 1. The van der Waals surface area contributed by atoms with Gasteiger partial charge in [-0.25, -0.2) is 13.2 Å². The van der Waals surface area contributed by atoms with Gasteiger partial charge in [0.2, 0.25) is 5.91 Å². The molecule has 0 bridgehead atoms. The second-order valence-electron chi connectivity index (χ2n) is 5.47. The second-order valence-corrected chi connectivity index (χ2v) is 8.90. The summed E-state index contributed by atoms with van der Waals surface area (Å²) in [6.45, 7) is 5.19. The number of benzene rings is 1. The molecule has 1 aromatic heterocycles. The molecular formula is C18H18ClNO5S2. The van der Waals surface area contributed by atoms with Crippen LogP contribution in [0.4, 0.5) is 5.00 Å². The molecule has 9 heteroatoms. The highest BCUT2D eigenvalue weighted by molar-refractivity contribution is 7.92. The number of hydrogen-bond donors (Lipinski definition) is 1. The number of ether oxygens (including phenoxy) is 1. The predicted molar refractivity (Wildman–Crippen MR) is 108 cm³/mol. The molecule has 1 heterocycles. The van der Waals surface area contributed by atoms with E-state index in [2.05, 4.69) is 11.9 Å². The summed E-state index contributed by atoms with van der Waals surface area (Å²) in [5, 5.41) is 4.99. The minimum absolute atomic E-state index is 0.163. The Kier molecular flexibility index (Phi) is 7.18. The highest BCUT2D eigenvalue weighted by Crippen LogP contribution is 2.36. The number of rotatable bonds is 8. The van der Waals surface area contributed by atoms with Gasteiger partial charge in [-0.3, -0.25) is 4.79 Å². The van der Waals surface area contributed by atoms with Crippen LogP contribution >= 0.6 is 22.9 Å². The molecule has 0 spiro atoms. The van der Waals surface area contributed by atoms with E-state index in [1.165, 1.54) is 6.08 Å². The van der Waals surface area contributed by atoms with Gasteiger partial charge >= 0.3 is 5.97 Å². The van der Waals surface area contributed by atoms with E-state index in [0.717, 1.165) is 16.9 Å². The van der Waals surface area contributed by atoms with Gasteiger partial charge in [0.05, 0.1) is 12.4 Å². The van der Waals surface area contributed by atoms with Gasteiger partial charge in [-0.1, -0.05) is 29.8 Å². The summed E-state index contributed by atoms with van der Waals surface area (Å²) in [6.07, 6.45) is 1.22. The van der Waals surface area contributed by atoms with E-state index in [1.807, 2.05) is 0 Å². The van der Waals surface area contributed by atoms with Crippen molar-refractivity contribution >= 4 is 49.7 Å². The smallest absolute Gasteiger partial charge is 0.341 e. The van der Waals surface area contributed by atoms with Crippen molar-refractivity contribution in [3.05, 3.63) is 52.9 Å². The van der Waals surface area contributed by atoms with Crippen LogP contribution in [0, 0.1) is 0 Å². The zero-order valence-corrected chi connectivity index (χ0v) is 16.9. The Labute approximate surface area is 166 Å². The lowest BCUT2D eigenvalue weighted by Gasteiger charge is -2.09. The molecule has 2 aromatic rings. The van der Waals surface area contributed by atoms with Gasteiger partial charge in [-0.05, 0) is 24.6 Å². The number of thiophene rings is 1. The SMILES string of the molecule is C=CCS(=O)(=O)CC(=O)Nc1scc(-c2ccc(Cl)cc2)c1C(=O)OCC. The van der Waals surface area contributed by atoms with E-state index >= 15 is 0 Å². The van der Waals surface area contributed by atoms with Crippen LogP contribution < -0.4 is 5.32 Å². The Morgan fingerprint density at radius 3 is 2.56 bits per heavy atom. The van der Waals surface area contributed by atoms with Crippen molar-refractivity contribution in [2.24, 2.45) is 0 Å². The van der Waals surface area contributed by atoms with E-state index < -0.39 is 27.5 Å². The van der Waals surface area contributed by atoms with Crippen molar-refractivity contribution in [3.8, 4) is 11.1 Å². The molecule has 1 aromatic carbocycles. The van der Waals surface area contributed by atoms with E-state index in [1.54, 1.807) is 36.6 Å². The fraction of sp³-hybridized carbons (Fsp3) is 0.222. The maximum atomic E-state index is 12.4. The maximum Gasteiger partial charge on any atom is 0.341 e.